The van der Waals surface area contributed by atoms with Crippen molar-refractivity contribution in [1.82, 2.24) is 10.2 Å². The number of hydrogen-bond donors (Lipinski definition) is 1. The fourth-order valence-electron chi connectivity index (χ4n) is 3.95. The van der Waals surface area contributed by atoms with Gasteiger partial charge in [-0.15, -0.1) is 0 Å². The van der Waals surface area contributed by atoms with E-state index >= 15 is 0 Å². The Hall–Kier alpha value is -1.88. The second kappa shape index (κ2) is 6.79. The molecule has 1 unspecified atom stereocenters. The molecule has 0 saturated carbocycles. The largest absolute Gasteiger partial charge is 0.375 e. The molecule has 5 heteroatoms. The first-order valence-corrected chi connectivity index (χ1v) is 9.12. The molecule has 0 aromatic heterocycles. The van der Waals surface area contributed by atoms with Gasteiger partial charge in [0, 0.05) is 24.8 Å². The van der Waals surface area contributed by atoms with E-state index in [1.165, 1.54) is 0 Å². The fourth-order valence-corrected chi connectivity index (χ4v) is 3.95. The average Bonchev–Trinajstić information content (AvgIpc) is 2.83. The molecule has 0 spiro atoms. The summed E-state index contributed by atoms with van der Waals surface area (Å²) in [6, 6.07) is 7.25. The number of carbonyl (C=O) groups is 2. The Labute approximate surface area is 149 Å². The van der Waals surface area contributed by atoms with Gasteiger partial charge in [0.25, 0.3) is 5.91 Å². The predicted molar refractivity (Wildman–Crippen MR) is 96.1 cm³/mol. The third kappa shape index (κ3) is 3.71. The van der Waals surface area contributed by atoms with Crippen molar-refractivity contribution in [3.05, 3.63) is 35.4 Å². The van der Waals surface area contributed by atoms with E-state index in [4.69, 9.17) is 4.74 Å². The lowest BCUT2D eigenvalue weighted by Gasteiger charge is -2.37. The second-order valence-corrected chi connectivity index (χ2v) is 8.09. The highest BCUT2D eigenvalue weighted by atomic mass is 16.5. The maximum atomic E-state index is 13.0. The molecule has 1 aromatic rings. The second-order valence-electron chi connectivity index (χ2n) is 8.09. The van der Waals surface area contributed by atoms with Gasteiger partial charge in [0.05, 0.1) is 5.60 Å². The topological polar surface area (TPSA) is 58.6 Å². The Morgan fingerprint density at radius 3 is 2.68 bits per heavy atom. The number of nitrogens with one attached hydrogen (secondary N) is 1. The minimum absolute atomic E-state index is 0.0447. The Morgan fingerprint density at radius 1 is 1.32 bits per heavy atom. The zero-order valence-electron chi connectivity index (χ0n) is 15.5. The van der Waals surface area contributed by atoms with Gasteiger partial charge in [-0.25, -0.2) is 0 Å². The quantitative estimate of drug-likeness (QED) is 0.914. The molecule has 2 amide bonds. The molecule has 5 nitrogen and oxygen atoms in total. The van der Waals surface area contributed by atoms with Crippen molar-refractivity contribution in [3.8, 4) is 0 Å². The van der Waals surface area contributed by atoms with Gasteiger partial charge >= 0.3 is 0 Å². The van der Waals surface area contributed by atoms with Crippen LogP contribution in [0.2, 0.25) is 0 Å². The lowest BCUT2D eigenvalue weighted by atomic mass is 9.93. The molecule has 25 heavy (non-hydrogen) atoms. The zero-order chi connectivity index (χ0) is 18.2. The van der Waals surface area contributed by atoms with Crippen molar-refractivity contribution in [2.75, 3.05) is 6.61 Å². The summed E-state index contributed by atoms with van der Waals surface area (Å²) in [6.07, 6.45) is 1.60. The van der Waals surface area contributed by atoms with Crippen molar-refractivity contribution in [2.24, 2.45) is 5.92 Å². The van der Waals surface area contributed by atoms with E-state index in [9.17, 15) is 9.59 Å². The number of benzene rings is 1. The number of fused-ring (bicyclic) bond motifs is 1. The van der Waals surface area contributed by atoms with Crippen molar-refractivity contribution >= 4 is 11.8 Å². The highest BCUT2D eigenvalue weighted by Gasteiger charge is 2.39. The van der Waals surface area contributed by atoms with Crippen LogP contribution in [0, 0.1) is 5.92 Å². The summed E-state index contributed by atoms with van der Waals surface area (Å²) in [5.74, 6) is -0.0540. The number of amides is 2. The van der Waals surface area contributed by atoms with Gasteiger partial charge in [-0.3, -0.25) is 9.59 Å². The molecule has 0 radical (unpaired) electrons. The number of ether oxygens (including phenoxy) is 1. The van der Waals surface area contributed by atoms with Gasteiger partial charge in [0.2, 0.25) is 5.91 Å². The molecule has 1 fully saturated rings. The Bertz CT molecular complexity index is 669. The van der Waals surface area contributed by atoms with Gasteiger partial charge < -0.3 is 15.0 Å². The fraction of sp³-hybridized carbons (Fsp3) is 0.600. The SMILES string of the molecule is CC(C)[C@@H](C(=O)NC1CCOC(C)(C)C1)N1Cc2ccccc2C1=O. The number of nitrogens with zero attached hydrogens (tertiary/aromatic N) is 1. The van der Waals surface area contributed by atoms with Gasteiger partial charge in [0.15, 0.2) is 0 Å². The highest BCUT2D eigenvalue weighted by Crippen LogP contribution is 2.28. The van der Waals surface area contributed by atoms with Crippen LogP contribution in [0.3, 0.4) is 0 Å². The van der Waals surface area contributed by atoms with E-state index in [1.807, 2.05) is 52.0 Å². The first-order chi connectivity index (χ1) is 11.8. The standard InChI is InChI=1S/C20H28N2O3/c1-13(2)17(18(23)21-15-9-10-25-20(3,4)11-15)22-12-14-7-5-6-8-16(14)19(22)24/h5-8,13,15,17H,9-12H2,1-4H3,(H,21,23)/t15?,17-/m0/s1. The molecule has 1 N–H and O–H groups in total. The summed E-state index contributed by atoms with van der Waals surface area (Å²) in [5.41, 5.74) is 1.50. The number of carbonyl (C=O) groups excluding carboxylic acids is 2. The third-order valence-corrected chi connectivity index (χ3v) is 5.13. The third-order valence-electron chi connectivity index (χ3n) is 5.13. The minimum atomic E-state index is -0.453. The van der Waals surface area contributed by atoms with Gasteiger partial charge in [-0.1, -0.05) is 32.0 Å². The molecule has 2 heterocycles. The van der Waals surface area contributed by atoms with Gasteiger partial charge in [-0.05, 0) is 44.2 Å². The summed E-state index contributed by atoms with van der Waals surface area (Å²) in [5, 5.41) is 3.17. The van der Waals surface area contributed by atoms with Crippen LogP contribution in [-0.2, 0) is 16.1 Å². The van der Waals surface area contributed by atoms with E-state index in [-0.39, 0.29) is 29.4 Å². The summed E-state index contributed by atoms with van der Waals surface area (Å²) in [6.45, 7) is 9.24. The Morgan fingerprint density at radius 2 is 2.04 bits per heavy atom. The molecule has 3 rings (SSSR count). The van der Waals surface area contributed by atoms with Crippen LogP contribution in [-0.4, -0.2) is 41.0 Å². The van der Waals surface area contributed by atoms with E-state index in [1.54, 1.807) is 4.90 Å². The summed E-state index contributed by atoms with van der Waals surface area (Å²) in [7, 11) is 0. The Kier molecular flexibility index (Phi) is 4.87. The molecule has 2 aliphatic heterocycles. The maximum absolute atomic E-state index is 13.0. The van der Waals surface area contributed by atoms with Crippen LogP contribution >= 0.6 is 0 Å². The van der Waals surface area contributed by atoms with E-state index in [0.29, 0.717) is 18.7 Å². The van der Waals surface area contributed by atoms with E-state index in [2.05, 4.69) is 5.32 Å². The molecule has 2 atom stereocenters. The normalized spacial score (nSPS) is 23.5. The van der Waals surface area contributed by atoms with E-state index in [0.717, 1.165) is 18.4 Å². The van der Waals surface area contributed by atoms with Gasteiger partial charge in [0.1, 0.15) is 6.04 Å². The number of rotatable bonds is 4. The molecule has 1 saturated heterocycles. The summed E-state index contributed by atoms with van der Waals surface area (Å²) < 4.78 is 5.73. The van der Waals surface area contributed by atoms with Crippen molar-refractivity contribution < 1.29 is 14.3 Å². The molecule has 2 aliphatic rings. The lowest BCUT2D eigenvalue weighted by molar-refractivity contribution is -0.130. The highest BCUT2D eigenvalue weighted by molar-refractivity contribution is 6.01. The zero-order valence-corrected chi connectivity index (χ0v) is 15.5. The Balaban J connectivity index is 1.74. The maximum Gasteiger partial charge on any atom is 0.255 e. The molecule has 0 aliphatic carbocycles. The monoisotopic (exact) mass is 344 g/mol. The molecule has 136 valence electrons. The summed E-state index contributed by atoms with van der Waals surface area (Å²) in [4.78, 5) is 27.5. The lowest BCUT2D eigenvalue weighted by Crippen LogP contribution is -2.54. The number of hydrogen-bond acceptors (Lipinski definition) is 3. The van der Waals surface area contributed by atoms with Crippen molar-refractivity contribution in [3.63, 3.8) is 0 Å². The first-order valence-electron chi connectivity index (χ1n) is 9.12. The van der Waals surface area contributed by atoms with E-state index < -0.39 is 6.04 Å². The molecular weight excluding hydrogens is 316 g/mol. The van der Waals surface area contributed by atoms with Crippen LogP contribution in [0.4, 0.5) is 0 Å². The van der Waals surface area contributed by atoms with Crippen LogP contribution in [0.1, 0.15) is 56.5 Å². The molecular formula is C20H28N2O3. The van der Waals surface area contributed by atoms with Crippen molar-refractivity contribution in [2.45, 2.75) is 64.8 Å². The van der Waals surface area contributed by atoms with Crippen molar-refractivity contribution in [1.29, 1.82) is 0 Å². The van der Waals surface area contributed by atoms with Crippen LogP contribution in [0.15, 0.2) is 24.3 Å². The van der Waals surface area contributed by atoms with Crippen LogP contribution in [0.5, 0.6) is 0 Å². The van der Waals surface area contributed by atoms with Gasteiger partial charge in [-0.2, -0.15) is 0 Å². The molecule has 1 aromatic carbocycles. The van der Waals surface area contributed by atoms with Crippen LogP contribution < -0.4 is 5.32 Å². The average molecular weight is 344 g/mol. The van der Waals surface area contributed by atoms with Crippen LogP contribution in [0.25, 0.3) is 0 Å². The predicted octanol–water partition coefficient (Wildman–Crippen LogP) is 2.74. The molecule has 0 bridgehead atoms. The minimum Gasteiger partial charge on any atom is -0.375 e. The first kappa shape index (κ1) is 17.9. The summed E-state index contributed by atoms with van der Waals surface area (Å²) >= 11 is 0. The smallest absolute Gasteiger partial charge is 0.255 e.